The fourth-order valence-electron chi connectivity index (χ4n) is 3.27. The highest BCUT2D eigenvalue weighted by atomic mass is 19.4. The number of para-hydroxylation sites is 1. The summed E-state index contributed by atoms with van der Waals surface area (Å²) in [5, 5.41) is 13.3. The molecule has 0 aliphatic carbocycles. The molecule has 2 heterocycles. The van der Waals surface area contributed by atoms with Gasteiger partial charge in [-0.15, -0.1) is 0 Å². The van der Waals surface area contributed by atoms with E-state index in [9.17, 15) is 18.0 Å². The van der Waals surface area contributed by atoms with E-state index in [4.69, 9.17) is 0 Å². The van der Waals surface area contributed by atoms with Crippen LogP contribution in [0.2, 0.25) is 0 Å². The first-order valence-corrected chi connectivity index (χ1v) is 10.2. The van der Waals surface area contributed by atoms with E-state index < -0.39 is 17.8 Å². The molecule has 0 fully saturated rings. The van der Waals surface area contributed by atoms with Gasteiger partial charge in [-0.1, -0.05) is 45.0 Å². The zero-order valence-electron chi connectivity index (χ0n) is 18.2. The average Bonchev–Trinajstić information content (AvgIpc) is 3.24. The molecule has 4 rings (SSSR count). The second-order valence-electron chi connectivity index (χ2n) is 8.65. The average molecular weight is 453 g/mol. The first kappa shape index (κ1) is 22.3. The van der Waals surface area contributed by atoms with Crippen LogP contribution in [0.4, 0.5) is 30.2 Å². The van der Waals surface area contributed by atoms with E-state index in [1.807, 2.05) is 20.8 Å². The third kappa shape index (κ3) is 4.97. The number of carbonyl (C=O) groups is 1. The van der Waals surface area contributed by atoms with Crippen molar-refractivity contribution in [3.63, 3.8) is 0 Å². The van der Waals surface area contributed by atoms with Crippen LogP contribution < -0.4 is 10.6 Å². The van der Waals surface area contributed by atoms with Gasteiger partial charge in [0.25, 0.3) is 5.91 Å². The van der Waals surface area contributed by atoms with Crippen LogP contribution in [0.3, 0.4) is 0 Å². The molecule has 0 saturated heterocycles. The van der Waals surface area contributed by atoms with Crippen LogP contribution in [0.1, 0.15) is 42.6 Å². The maximum Gasteiger partial charge on any atom is 0.433 e. The third-order valence-electron chi connectivity index (χ3n) is 5.02. The predicted molar refractivity (Wildman–Crippen MR) is 122 cm³/mol. The van der Waals surface area contributed by atoms with Gasteiger partial charge in [-0.3, -0.25) is 9.89 Å². The molecule has 6 nitrogen and oxygen atoms in total. The predicted octanol–water partition coefficient (Wildman–Crippen LogP) is 6.27. The molecule has 3 N–H and O–H groups in total. The molecular weight excluding hydrogens is 431 g/mol. The van der Waals surface area contributed by atoms with Gasteiger partial charge < -0.3 is 10.6 Å². The number of halogens is 3. The number of benzene rings is 2. The summed E-state index contributed by atoms with van der Waals surface area (Å²) in [7, 11) is 0. The van der Waals surface area contributed by atoms with Gasteiger partial charge in [0, 0.05) is 27.9 Å². The van der Waals surface area contributed by atoms with Gasteiger partial charge in [0.15, 0.2) is 5.69 Å². The SMILES string of the molecule is CC(C)(C)c1cc(C(=O)Nc2cccc(Nc3cc(C(F)(F)F)nc4ccccc34)c2)n[nH]1. The summed E-state index contributed by atoms with van der Waals surface area (Å²) in [5.74, 6) is -0.396. The third-order valence-corrected chi connectivity index (χ3v) is 5.02. The standard InChI is InChI=1S/C24H22F3N5O/c1-23(2,3)20-13-19(31-32-20)22(33)29-15-8-6-7-14(11-15)28-18-12-21(24(25,26)27)30-17-10-5-4-9-16(17)18/h4-13H,1-3H3,(H,28,30)(H,29,33)(H,31,32). The van der Waals surface area contributed by atoms with Gasteiger partial charge in [0.1, 0.15) is 5.69 Å². The molecule has 2 aromatic carbocycles. The number of nitrogens with zero attached hydrogens (tertiary/aromatic N) is 2. The van der Waals surface area contributed by atoms with E-state index in [1.54, 1.807) is 48.5 Å². The van der Waals surface area contributed by atoms with Crippen molar-refractivity contribution in [3.05, 3.63) is 77.7 Å². The number of pyridine rings is 1. The van der Waals surface area contributed by atoms with Crippen LogP contribution in [0.5, 0.6) is 0 Å². The van der Waals surface area contributed by atoms with E-state index in [1.165, 1.54) is 6.07 Å². The highest BCUT2D eigenvalue weighted by molar-refractivity contribution is 6.03. The Hall–Kier alpha value is -3.88. The van der Waals surface area contributed by atoms with Gasteiger partial charge in [0.05, 0.1) is 11.2 Å². The lowest BCUT2D eigenvalue weighted by molar-refractivity contribution is -0.140. The Balaban J connectivity index is 1.60. The smallest absolute Gasteiger partial charge is 0.355 e. The maximum atomic E-state index is 13.3. The van der Waals surface area contributed by atoms with Crippen molar-refractivity contribution < 1.29 is 18.0 Å². The number of anilines is 3. The van der Waals surface area contributed by atoms with Crippen molar-refractivity contribution in [1.82, 2.24) is 15.2 Å². The number of aromatic amines is 1. The number of carbonyl (C=O) groups excluding carboxylic acids is 1. The van der Waals surface area contributed by atoms with Crippen molar-refractivity contribution in [2.45, 2.75) is 32.4 Å². The Labute approximate surface area is 188 Å². The van der Waals surface area contributed by atoms with E-state index in [-0.39, 0.29) is 22.3 Å². The highest BCUT2D eigenvalue weighted by Crippen LogP contribution is 2.34. The summed E-state index contributed by atoms with van der Waals surface area (Å²) < 4.78 is 40.0. The number of nitrogens with one attached hydrogen (secondary N) is 3. The van der Waals surface area contributed by atoms with Gasteiger partial charge in [-0.05, 0) is 36.4 Å². The number of rotatable bonds is 4. The minimum atomic E-state index is -4.58. The topological polar surface area (TPSA) is 82.7 Å². The highest BCUT2D eigenvalue weighted by Gasteiger charge is 2.33. The zero-order valence-corrected chi connectivity index (χ0v) is 18.2. The molecule has 170 valence electrons. The van der Waals surface area contributed by atoms with Gasteiger partial charge in [-0.25, -0.2) is 4.98 Å². The number of fused-ring (bicyclic) bond motifs is 1. The van der Waals surface area contributed by atoms with Crippen LogP contribution in [0, 0.1) is 0 Å². The maximum absolute atomic E-state index is 13.3. The van der Waals surface area contributed by atoms with E-state index >= 15 is 0 Å². The Morgan fingerprint density at radius 2 is 1.67 bits per heavy atom. The second kappa shape index (κ2) is 8.23. The number of alkyl halides is 3. The molecule has 33 heavy (non-hydrogen) atoms. The van der Waals surface area contributed by atoms with Gasteiger partial charge in [-0.2, -0.15) is 18.3 Å². The largest absolute Gasteiger partial charge is 0.433 e. The van der Waals surface area contributed by atoms with Gasteiger partial charge in [0.2, 0.25) is 0 Å². The van der Waals surface area contributed by atoms with Crippen molar-refractivity contribution in [3.8, 4) is 0 Å². The lowest BCUT2D eigenvalue weighted by atomic mass is 9.92. The summed E-state index contributed by atoms with van der Waals surface area (Å²) in [5.41, 5.74) is 1.38. The molecule has 9 heteroatoms. The number of hydrogen-bond acceptors (Lipinski definition) is 4. The number of amides is 1. The number of H-pyrrole nitrogens is 1. The quantitative estimate of drug-likeness (QED) is 0.340. The summed E-state index contributed by atoms with van der Waals surface area (Å²) in [4.78, 5) is 16.3. The van der Waals surface area contributed by atoms with E-state index in [2.05, 4.69) is 25.8 Å². The molecule has 2 aromatic heterocycles. The Morgan fingerprint density at radius 1 is 0.939 bits per heavy atom. The van der Waals surface area contributed by atoms with Gasteiger partial charge >= 0.3 is 6.18 Å². The van der Waals surface area contributed by atoms with Crippen LogP contribution in [-0.2, 0) is 11.6 Å². The van der Waals surface area contributed by atoms with Crippen molar-refractivity contribution >= 4 is 33.9 Å². The fourth-order valence-corrected chi connectivity index (χ4v) is 3.27. The van der Waals surface area contributed by atoms with Crippen molar-refractivity contribution in [2.75, 3.05) is 10.6 Å². The molecular formula is C24H22F3N5O. The fraction of sp³-hybridized carbons (Fsp3) is 0.208. The van der Waals surface area contributed by atoms with Crippen LogP contribution in [0.15, 0.2) is 60.7 Å². The zero-order chi connectivity index (χ0) is 23.8. The molecule has 0 saturated carbocycles. The summed E-state index contributed by atoms with van der Waals surface area (Å²) in [6.45, 7) is 6.01. The Kier molecular flexibility index (Phi) is 5.57. The molecule has 4 aromatic rings. The number of hydrogen-bond donors (Lipinski definition) is 3. The molecule has 0 atom stereocenters. The molecule has 0 radical (unpaired) electrons. The molecule has 0 spiro atoms. The Bertz CT molecular complexity index is 1320. The first-order chi connectivity index (χ1) is 15.5. The molecule has 0 aliphatic rings. The van der Waals surface area contributed by atoms with E-state index in [0.717, 1.165) is 11.8 Å². The second-order valence-corrected chi connectivity index (χ2v) is 8.65. The molecule has 0 aliphatic heterocycles. The minimum absolute atomic E-state index is 0.183. The summed E-state index contributed by atoms with van der Waals surface area (Å²) >= 11 is 0. The van der Waals surface area contributed by atoms with Crippen LogP contribution in [0.25, 0.3) is 10.9 Å². The number of aromatic nitrogens is 3. The Morgan fingerprint density at radius 3 is 2.36 bits per heavy atom. The van der Waals surface area contributed by atoms with E-state index in [0.29, 0.717) is 16.8 Å². The van der Waals surface area contributed by atoms with Crippen LogP contribution in [-0.4, -0.2) is 21.1 Å². The molecule has 0 bridgehead atoms. The lowest BCUT2D eigenvalue weighted by Crippen LogP contribution is -2.13. The van der Waals surface area contributed by atoms with Crippen molar-refractivity contribution in [1.29, 1.82) is 0 Å². The lowest BCUT2D eigenvalue weighted by Gasteiger charge is -2.14. The molecule has 1 amide bonds. The first-order valence-electron chi connectivity index (χ1n) is 10.2. The molecule has 0 unspecified atom stereocenters. The van der Waals surface area contributed by atoms with Crippen molar-refractivity contribution in [2.24, 2.45) is 0 Å². The minimum Gasteiger partial charge on any atom is -0.355 e. The normalized spacial score (nSPS) is 12.1. The van der Waals surface area contributed by atoms with Crippen LogP contribution >= 0.6 is 0 Å². The summed E-state index contributed by atoms with van der Waals surface area (Å²) in [6.07, 6.45) is -4.58. The monoisotopic (exact) mass is 453 g/mol. The summed E-state index contributed by atoms with van der Waals surface area (Å²) in [6, 6.07) is 16.0.